The maximum absolute atomic E-state index is 4.38. The molecule has 2 aromatic heterocycles. The third-order valence-corrected chi connectivity index (χ3v) is 6.10. The molecule has 1 N–H and O–H groups in total. The van der Waals surface area contributed by atoms with E-state index in [1.54, 1.807) is 29.4 Å². The molecule has 4 rings (SSSR count). The van der Waals surface area contributed by atoms with Gasteiger partial charge in [0.05, 0.1) is 14.4 Å². The Labute approximate surface area is 150 Å². The number of thioether (sulfide) groups is 1. The van der Waals surface area contributed by atoms with Crippen LogP contribution in [-0.4, -0.2) is 21.0 Å². The topological polar surface area (TPSA) is 42.7 Å². The van der Waals surface area contributed by atoms with E-state index in [2.05, 4.69) is 80.1 Å². The molecule has 0 saturated carbocycles. The fraction of sp³-hybridized carbons (Fsp3) is 0.125. The van der Waals surface area contributed by atoms with Gasteiger partial charge in [-0.1, -0.05) is 12.1 Å². The van der Waals surface area contributed by atoms with Crippen molar-refractivity contribution in [3.8, 4) is 0 Å². The van der Waals surface area contributed by atoms with Gasteiger partial charge in [0, 0.05) is 4.90 Å². The number of nitrogens with one attached hydrogen (secondary N) is 1. The summed E-state index contributed by atoms with van der Waals surface area (Å²) in [6.45, 7) is 0. The lowest BCUT2D eigenvalue weighted by Gasteiger charge is -2.23. The molecular weight excluding hydrogens is 392 g/mol. The van der Waals surface area contributed by atoms with Gasteiger partial charge in [0.2, 0.25) is 5.95 Å². The van der Waals surface area contributed by atoms with Crippen LogP contribution in [0, 0.1) is 0 Å². The number of thiophene rings is 1. The van der Waals surface area contributed by atoms with E-state index in [0.717, 1.165) is 15.4 Å². The van der Waals surface area contributed by atoms with Crippen LogP contribution >= 0.6 is 39.0 Å². The second-order valence-electron chi connectivity index (χ2n) is 5.06. The Bertz CT molecular complexity index is 866. The Morgan fingerprint density at radius 3 is 2.74 bits per heavy atom. The molecule has 0 bridgehead atoms. The van der Waals surface area contributed by atoms with Crippen molar-refractivity contribution in [3.63, 3.8) is 0 Å². The summed E-state index contributed by atoms with van der Waals surface area (Å²) in [5.74, 6) is 0.769. The summed E-state index contributed by atoms with van der Waals surface area (Å²) in [7, 11) is 0. The molecule has 1 aliphatic rings. The minimum absolute atomic E-state index is 0.0422. The zero-order valence-electron chi connectivity index (χ0n) is 12.2. The highest BCUT2D eigenvalue weighted by atomic mass is 79.9. The fourth-order valence-corrected chi connectivity index (χ4v) is 4.35. The van der Waals surface area contributed by atoms with Crippen molar-refractivity contribution in [1.82, 2.24) is 14.8 Å². The summed E-state index contributed by atoms with van der Waals surface area (Å²) in [5, 5.41) is 7.74. The van der Waals surface area contributed by atoms with Gasteiger partial charge < -0.3 is 5.32 Å². The average Bonchev–Trinajstić information content (AvgIpc) is 3.22. The lowest BCUT2D eigenvalue weighted by atomic mass is 10.0. The normalized spacial score (nSPS) is 16.6. The highest BCUT2D eigenvalue weighted by Crippen LogP contribution is 2.35. The van der Waals surface area contributed by atoms with Crippen LogP contribution in [0.2, 0.25) is 0 Å². The summed E-state index contributed by atoms with van der Waals surface area (Å²) >= 11 is 6.97. The highest BCUT2D eigenvalue weighted by Gasteiger charge is 2.23. The Morgan fingerprint density at radius 1 is 1.22 bits per heavy atom. The van der Waals surface area contributed by atoms with Crippen LogP contribution in [0.15, 0.2) is 57.5 Å². The minimum atomic E-state index is 0.0422. The zero-order chi connectivity index (χ0) is 15.8. The molecular formula is C16H13BrN4S2. The number of hydrogen-bond acceptors (Lipinski definition) is 5. The summed E-state index contributed by atoms with van der Waals surface area (Å²) in [6.07, 6.45) is 5.88. The van der Waals surface area contributed by atoms with Crippen molar-refractivity contribution < 1.29 is 0 Å². The van der Waals surface area contributed by atoms with E-state index in [1.165, 1.54) is 15.3 Å². The summed E-state index contributed by atoms with van der Waals surface area (Å²) in [6, 6.07) is 12.8. The molecule has 4 nitrogen and oxygen atoms in total. The smallest absolute Gasteiger partial charge is 0.226 e. The van der Waals surface area contributed by atoms with Gasteiger partial charge in [0.25, 0.3) is 0 Å². The summed E-state index contributed by atoms with van der Waals surface area (Å²) in [4.78, 5) is 6.77. The van der Waals surface area contributed by atoms with Crippen molar-refractivity contribution in [2.24, 2.45) is 0 Å². The monoisotopic (exact) mass is 404 g/mol. The van der Waals surface area contributed by atoms with Gasteiger partial charge in [0.1, 0.15) is 12.4 Å². The molecule has 3 heterocycles. The number of anilines is 1. The Balaban J connectivity index is 1.78. The van der Waals surface area contributed by atoms with Gasteiger partial charge >= 0.3 is 0 Å². The molecule has 3 aromatic rings. The predicted molar refractivity (Wildman–Crippen MR) is 100 cm³/mol. The molecule has 116 valence electrons. The standard InChI is InChI=1S/C16H13BrN4S2/c1-22-11-4-2-10(3-5-11)13-8-12(14-6-7-15(17)23-14)20-16-18-9-19-21(13)16/h2-9,13H,1H3,(H,18,19,20). The van der Waals surface area contributed by atoms with E-state index in [4.69, 9.17) is 0 Å². The number of rotatable bonds is 3. The van der Waals surface area contributed by atoms with Gasteiger partial charge in [-0.05, 0) is 58.1 Å². The molecule has 0 spiro atoms. The number of nitrogens with zero attached hydrogens (tertiary/aromatic N) is 3. The molecule has 1 unspecified atom stereocenters. The first-order valence-electron chi connectivity index (χ1n) is 7.02. The van der Waals surface area contributed by atoms with E-state index >= 15 is 0 Å². The lowest BCUT2D eigenvalue weighted by Crippen LogP contribution is -2.19. The Morgan fingerprint density at radius 2 is 2.04 bits per heavy atom. The van der Waals surface area contributed by atoms with Crippen LogP contribution in [0.3, 0.4) is 0 Å². The van der Waals surface area contributed by atoms with Gasteiger partial charge in [-0.3, -0.25) is 0 Å². The first kappa shape index (κ1) is 15.0. The molecule has 1 aromatic carbocycles. The molecule has 0 fully saturated rings. The molecule has 0 radical (unpaired) electrons. The number of aromatic nitrogens is 3. The Hall–Kier alpha value is -1.57. The number of hydrogen-bond donors (Lipinski definition) is 1. The number of benzene rings is 1. The molecule has 0 amide bonds. The SMILES string of the molecule is CSc1ccc(C2C=C(c3ccc(Br)s3)Nc3ncnn32)cc1. The average molecular weight is 405 g/mol. The van der Waals surface area contributed by atoms with Crippen molar-refractivity contribution in [1.29, 1.82) is 0 Å². The largest absolute Gasteiger partial charge is 0.323 e. The number of allylic oxidation sites excluding steroid dienone is 1. The van der Waals surface area contributed by atoms with Gasteiger partial charge in [-0.2, -0.15) is 10.1 Å². The van der Waals surface area contributed by atoms with Crippen molar-refractivity contribution in [2.75, 3.05) is 11.6 Å². The molecule has 1 atom stereocenters. The predicted octanol–water partition coefficient (Wildman–Crippen LogP) is 4.88. The maximum Gasteiger partial charge on any atom is 0.226 e. The molecule has 1 aliphatic heterocycles. The quantitative estimate of drug-likeness (QED) is 0.631. The third-order valence-electron chi connectivity index (χ3n) is 3.70. The molecule has 0 aliphatic carbocycles. The van der Waals surface area contributed by atoms with Crippen LogP contribution in [0.5, 0.6) is 0 Å². The maximum atomic E-state index is 4.38. The van der Waals surface area contributed by atoms with Crippen molar-refractivity contribution >= 4 is 50.7 Å². The number of halogens is 1. The van der Waals surface area contributed by atoms with Crippen LogP contribution in [0.4, 0.5) is 5.95 Å². The van der Waals surface area contributed by atoms with Gasteiger partial charge in [-0.25, -0.2) is 4.68 Å². The third kappa shape index (κ3) is 2.84. The van der Waals surface area contributed by atoms with E-state index in [-0.39, 0.29) is 6.04 Å². The first-order chi connectivity index (χ1) is 11.2. The highest BCUT2D eigenvalue weighted by molar-refractivity contribution is 9.11. The second kappa shape index (κ2) is 6.14. The Kier molecular flexibility index (Phi) is 4.00. The van der Waals surface area contributed by atoms with E-state index in [0.29, 0.717) is 0 Å². The molecule has 7 heteroatoms. The van der Waals surface area contributed by atoms with Gasteiger partial charge in [-0.15, -0.1) is 23.1 Å². The van der Waals surface area contributed by atoms with Crippen LogP contribution in [-0.2, 0) is 0 Å². The van der Waals surface area contributed by atoms with Crippen molar-refractivity contribution in [2.45, 2.75) is 10.9 Å². The van der Waals surface area contributed by atoms with Gasteiger partial charge in [0.15, 0.2) is 0 Å². The van der Waals surface area contributed by atoms with Crippen molar-refractivity contribution in [3.05, 3.63) is 63.0 Å². The molecule has 0 saturated heterocycles. The van der Waals surface area contributed by atoms with E-state index < -0.39 is 0 Å². The van der Waals surface area contributed by atoms with E-state index in [9.17, 15) is 0 Å². The summed E-state index contributed by atoms with van der Waals surface area (Å²) in [5.41, 5.74) is 2.27. The molecule has 23 heavy (non-hydrogen) atoms. The van der Waals surface area contributed by atoms with Crippen LogP contribution in [0.1, 0.15) is 16.5 Å². The number of fused-ring (bicyclic) bond motifs is 1. The van der Waals surface area contributed by atoms with Crippen LogP contribution in [0.25, 0.3) is 5.70 Å². The lowest BCUT2D eigenvalue weighted by molar-refractivity contribution is 0.611. The second-order valence-corrected chi connectivity index (χ2v) is 8.40. The fourth-order valence-electron chi connectivity index (χ4n) is 2.57. The zero-order valence-corrected chi connectivity index (χ0v) is 15.5. The first-order valence-corrected chi connectivity index (χ1v) is 9.86. The van der Waals surface area contributed by atoms with E-state index in [1.807, 2.05) is 4.68 Å². The minimum Gasteiger partial charge on any atom is -0.323 e. The summed E-state index contributed by atoms with van der Waals surface area (Å²) < 4.78 is 3.03. The van der Waals surface area contributed by atoms with Crippen LogP contribution < -0.4 is 5.32 Å².